The minimum Gasteiger partial charge on any atom is -0.481 e. The number of pyridine rings is 1. The summed E-state index contributed by atoms with van der Waals surface area (Å²) < 4.78 is 1.89. The molecule has 2 aromatic heterocycles. The number of aliphatic carboxylic acids is 1. The molecule has 0 fully saturated rings. The summed E-state index contributed by atoms with van der Waals surface area (Å²) in [6.07, 6.45) is 4.37. The van der Waals surface area contributed by atoms with Crippen LogP contribution in [-0.2, 0) is 11.2 Å². The maximum Gasteiger partial charge on any atom is 0.303 e. The number of rotatable bonds is 3. The van der Waals surface area contributed by atoms with Gasteiger partial charge in [0.15, 0.2) is 0 Å². The molecular formula is C10H10N2O2. The molecule has 2 heterocycles. The standard InChI is InChI=1S/C10H10N2O2/c13-10(14)5-4-8-7-12-6-2-1-3-9(12)11-8/h1-3,6-7H,4-5H2,(H,13,14). The fraction of sp³-hybridized carbons (Fsp3) is 0.200. The van der Waals surface area contributed by atoms with Crippen LogP contribution in [0.4, 0.5) is 0 Å². The fourth-order valence-corrected chi connectivity index (χ4v) is 1.34. The van der Waals surface area contributed by atoms with Crippen LogP contribution in [0.15, 0.2) is 30.6 Å². The number of carbonyl (C=O) groups is 1. The van der Waals surface area contributed by atoms with Crippen molar-refractivity contribution in [2.24, 2.45) is 0 Å². The van der Waals surface area contributed by atoms with Gasteiger partial charge in [-0.05, 0) is 12.1 Å². The lowest BCUT2D eigenvalue weighted by Crippen LogP contribution is -1.97. The number of aryl methyl sites for hydroxylation is 1. The summed E-state index contributed by atoms with van der Waals surface area (Å²) in [5.74, 6) is -0.790. The second-order valence-corrected chi connectivity index (χ2v) is 3.09. The molecule has 0 unspecified atom stereocenters. The summed E-state index contributed by atoms with van der Waals surface area (Å²) in [5.41, 5.74) is 1.67. The Bertz CT molecular complexity index is 429. The molecule has 0 saturated carbocycles. The van der Waals surface area contributed by atoms with Crippen LogP contribution in [0.1, 0.15) is 12.1 Å². The lowest BCUT2D eigenvalue weighted by molar-refractivity contribution is -0.136. The third-order valence-electron chi connectivity index (χ3n) is 2.01. The molecule has 0 aliphatic carbocycles. The highest BCUT2D eigenvalue weighted by Gasteiger charge is 2.03. The van der Waals surface area contributed by atoms with E-state index in [1.165, 1.54) is 0 Å². The van der Waals surface area contributed by atoms with Gasteiger partial charge in [0.05, 0.1) is 12.1 Å². The molecule has 72 valence electrons. The van der Waals surface area contributed by atoms with Crippen LogP contribution in [0, 0.1) is 0 Å². The van der Waals surface area contributed by atoms with Crippen molar-refractivity contribution in [3.05, 3.63) is 36.3 Å². The number of hydrogen-bond donors (Lipinski definition) is 1. The van der Waals surface area contributed by atoms with Gasteiger partial charge in [-0.25, -0.2) is 4.98 Å². The van der Waals surface area contributed by atoms with Crippen LogP contribution >= 0.6 is 0 Å². The van der Waals surface area contributed by atoms with Gasteiger partial charge in [0.25, 0.3) is 0 Å². The molecule has 2 aromatic rings. The van der Waals surface area contributed by atoms with E-state index in [1.807, 2.05) is 35.0 Å². The molecule has 0 bridgehead atoms. The minimum atomic E-state index is -0.790. The lowest BCUT2D eigenvalue weighted by atomic mass is 10.2. The average molecular weight is 190 g/mol. The van der Waals surface area contributed by atoms with E-state index in [4.69, 9.17) is 5.11 Å². The van der Waals surface area contributed by atoms with Gasteiger partial charge in [-0.1, -0.05) is 6.07 Å². The van der Waals surface area contributed by atoms with Crippen LogP contribution in [0.5, 0.6) is 0 Å². The van der Waals surface area contributed by atoms with Crippen LogP contribution in [0.3, 0.4) is 0 Å². The van der Waals surface area contributed by atoms with E-state index in [9.17, 15) is 4.79 Å². The number of nitrogens with zero attached hydrogens (tertiary/aromatic N) is 2. The largest absolute Gasteiger partial charge is 0.481 e. The molecule has 0 aliphatic heterocycles. The Kier molecular flexibility index (Phi) is 2.18. The first kappa shape index (κ1) is 8.74. The third kappa shape index (κ3) is 1.74. The molecule has 0 spiro atoms. The molecule has 0 amide bonds. The molecule has 2 rings (SSSR count). The van der Waals surface area contributed by atoms with E-state index in [1.54, 1.807) is 0 Å². The molecule has 0 aliphatic rings. The van der Waals surface area contributed by atoms with Crippen molar-refractivity contribution >= 4 is 11.6 Å². The topological polar surface area (TPSA) is 54.6 Å². The zero-order valence-corrected chi connectivity index (χ0v) is 7.55. The normalized spacial score (nSPS) is 10.6. The Balaban J connectivity index is 2.22. The number of hydrogen-bond acceptors (Lipinski definition) is 2. The van der Waals surface area contributed by atoms with Crippen LogP contribution in [-0.4, -0.2) is 20.5 Å². The highest BCUT2D eigenvalue weighted by Crippen LogP contribution is 2.06. The highest BCUT2D eigenvalue weighted by molar-refractivity contribution is 5.67. The number of imidazole rings is 1. The Hall–Kier alpha value is -1.84. The molecule has 0 radical (unpaired) electrons. The molecule has 0 saturated heterocycles. The van der Waals surface area contributed by atoms with Gasteiger partial charge in [0, 0.05) is 18.8 Å². The number of fused-ring (bicyclic) bond motifs is 1. The van der Waals surface area contributed by atoms with E-state index < -0.39 is 5.97 Å². The van der Waals surface area contributed by atoms with Crippen molar-refractivity contribution in [1.29, 1.82) is 0 Å². The van der Waals surface area contributed by atoms with Gasteiger partial charge in [0.2, 0.25) is 0 Å². The Morgan fingerprint density at radius 1 is 1.50 bits per heavy atom. The quantitative estimate of drug-likeness (QED) is 0.794. The molecular weight excluding hydrogens is 180 g/mol. The summed E-state index contributed by atoms with van der Waals surface area (Å²) in [7, 11) is 0. The predicted molar refractivity (Wildman–Crippen MR) is 51.1 cm³/mol. The van der Waals surface area contributed by atoms with Crippen molar-refractivity contribution in [3.63, 3.8) is 0 Å². The van der Waals surface area contributed by atoms with Gasteiger partial charge in [-0.15, -0.1) is 0 Å². The van der Waals surface area contributed by atoms with E-state index in [0.717, 1.165) is 11.3 Å². The van der Waals surface area contributed by atoms with Crippen molar-refractivity contribution in [2.75, 3.05) is 0 Å². The molecule has 1 N–H and O–H groups in total. The van der Waals surface area contributed by atoms with Crippen LogP contribution in [0.2, 0.25) is 0 Å². The zero-order chi connectivity index (χ0) is 9.97. The highest BCUT2D eigenvalue weighted by atomic mass is 16.4. The first-order valence-electron chi connectivity index (χ1n) is 4.40. The smallest absolute Gasteiger partial charge is 0.303 e. The number of carboxylic acid groups (broad SMARTS) is 1. The van der Waals surface area contributed by atoms with E-state index >= 15 is 0 Å². The number of carboxylic acids is 1. The van der Waals surface area contributed by atoms with E-state index in [-0.39, 0.29) is 6.42 Å². The first-order valence-corrected chi connectivity index (χ1v) is 4.40. The monoisotopic (exact) mass is 190 g/mol. The van der Waals surface area contributed by atoms with Crippen LogP contribution in [0.25, 0.3) is 5.65 Å². The van der Waals surface area contributed by atoms with Crippen molar-refractivity contribution < 1.29 is 9.90 Å². The molecule has 4 nitrogen and oxygen atoms in total. The third-order valence-corrected chi connectivity index (χ3v) is 2.01. The Labute approximate surface area is 80.8 Å². The SMILES string of the molecule is O=C(O)CCc1cn2ccccc2n1. The van der Waals surface area contributed by atoms with Crippen molar-refractivity contribution in [3.8, 4) is 0 Å². The lowest BCUT2D eigenvalue weighted by Gasteiger charge is -1.89. The van der Waals surface area contributed by atoms with Crippen molar-refractivity contribution in [1.82, 2.24) is 9.38 Å². The zero-order valence-electron chi connectivity index (χ0n) is 7.55. The molecule has 0 atom stereocenters. The van der Waals surface area contributed by atoms with Gasteiger partial charge >= 0.3 is 5.97 Å². The summed E-state index contributed by atoms with van der Waals surface area (Å²) in [6.45, 7) is 0. The second kappa shape index (κ2) is 3.49. The average Bonchev–Trinajstić information content (AvgIpc) is 2.57. The first-order chi connectivity index (χ1) is 6.75. The van der Waals surface area contributed by atoms with E-state index in [0.29, 0.717) is 6.42 Å². The molecule has 14 heavy (non-hydrogen) atoms. The number of aromatic nitrogens is 2. The van der Waals surface area contributed by atoms with Crippen molar-refractivity contribution in [2.45, 2.75) is 12.8 Å². The minimum absolute atomic E-state index is 0.129. The predicted octanol–water partition coefficient (Wildman–Crippen LogP) is 1.35. The Morgan fingerprint density at radius 3 is 3.07 bits per heavy atom. The second-order valence-electron chi connectivity index (χ2n) is 3.09. The summed E-state index contributed by atoms with van der Waals surface area (Å²) in [5, 5.41) is 8.52. The summed E-state index contributed by atoms with van der Waals surface area (Å²) in [4.78, 5) is 14.6. The fourth-order valence-electron chi connectivity index (χ4n) is 1.34. The summed E-state index contributed by atoms with van der Waals surface area (Å²) >= 11 is 0. The maximum absolute atomic E-state index is 10.4. The molecule has 0 aromatic carbocycles. The van der Waals surface area contributed by atoms with Gasteiger partial charge in [-0.3, -0.25) is 4.79 Å². The van der Waals surface area contributed by atoms with Gasteiger partial charge < -0.3 is 9.51 Å². The van der Waals surface area contributed by atoms with Gasteiger partial charge in [-0.2, -0.15) is 0 Å². The summed E-state index contributed by atoms with van der Waals surface area (Å²) in [6, 6.07) is 5.71. The Morgan fingerprint density at radius 2 is 2.36 bits per heavy atom. The van der Waals surface area contributed by atoms with Gasteiger partial charge in [0.1, 0.15) is 5.65 Å². The van der Waals surface area contributed by atoms with E-state index in [2.05, 4.69) is 4.98 Å². The van der Waals surface area contributed by atoms with Crippen LogP contribution < -0.4 is 0 Å². The maximum atomic E-state index is 10.4. The molecule has 4 heteroatoms.